The lowest BCUT2D eigenvalue weighted by Gasteiger charge is -2.08. The lowest BCUT2D eigenvalue weighted by molar-refractivity contribution is 0.563. The molecule has 0 saturated carbocycles. The number of anilines is 2. The molecule has 0 unspecified atom stereocenters. The minimum atomic E-state index is 0.565. The molecule has 2 nitrogen and oxygen atoms in total. The van der Waals surface area contributed by atoms with E-state index in [4.69, 9.17) is 0 Å². The van der Waals surface area contributed by atoms with Crippen LogP contribution in [0.5, 0.6) is 0 Å². The van der Waals surface area contributed by atoms with Gasteiger partial charge in [-0.05, 0) is 42.8 Å². The molecule has 79 valence electrons. The molecular formula is C14H12NO. The summed E-state index contributed by atoms with van der Waals surface area (Å²) in [5.74, 6) is 0. The molecule has 0 atom stereocenters. The van der Waals surface area contributed by atoms with E-state index in [0.717, 1.165) is 11.4 Å². The van der Waals surface area contributed by atoms with Gasteiger partial charge in [0.1, 0.15) is 0 Å². The maximum atomic E-state index is 10.4. The van der Waals surface area contributed by atoms with E-state index in [1.165, 1.54) is 5.56 Å². The summed E-state index contributed by atoms with van der Waals surface area (Å²) in [6.07, 6.45) is 1.85. The van der Waals surface area contributed by atoms with Crippen LogP contribution in [0.2, 0.25) is 0 Å². The van der Waals surface area contributed by atoms with Gasteiger partial charge in [-0.25, -0.2) is 0 Å². The zero-order valence-corrected chi connectivity index (χ0v) is 9.03. The van der Waals surface area contributed by atoms with E-state index in [1.54, 1.807) is 12.1 Å². The highest BCUT2D eigenvalue weighted by molar-refractivity contribution is 5.76. The molecule has 0 aliphatic rings. The number of benzene rings is 2. The van der Waals surface area contributed by atoms with Gasteiger partial charge in [0.25, 0.3) is 0 Å². The van der Waals surface area contributed by atoms with Crippen LogP contribution in [0.1, 0.15) is 11.1 Å². The van der Waals surface area contributed by atoms with Crippen molar-refractivity contribution in [2.45, 2.75) is 6.92 Å². The van der Waals surface area contributed by atoms with Crippen molar-refractivity contribution in [2.24, 2.45) is 0 Å². The van der Waals surface area contributed by atoms with Gasteiger partial charge in [0, 0.05) is 16.9 Å². The number of rotatable bonds is 3. The van der Waals surface area contributed by atoms with Crippen molar-refractivity contribution in [1.29, 1.82) is 0 Å². The van der Waals surface area contributed by atoms with E-state index in [1.807, 2.05) is 36.6 Å². The van der Waals surface area contributed by atoms with E-state index in [9.17, 15) is 4.79 Å². The SMILES string of the molecule is Cc1ccccc1Nc1ccc([C]=O)cc1. The third-order valence-electron chi connectivity index (χ3n) is 2.43. The summed E-state index contributed by atoms with van der Waals surface area (Å²) < 4.78 is 0. The quantitative estimate of drug-likeness (QED) is 0.842. The summed E-state index contributed by atoms with van der Waals surface area (Å²) in [6, 6.07) is 15.3. The Balaban J connectivity index is 2.21. The first kappa shape index (κ1) is 10.4. The van der Waals surface area contributed by atoms with E-state index in [-0.39, 0.29) is 0 Å². The maximum absolute atomic E-state index is 10.4. The predicted molar refractivity (Wildman–Crippen MR) is 65.7 cm³/mol. The van der Waals surface area contributed by atoms with Crippen molar-refractivity contribution in [1.82, 2.24) is 0 Å². The number of hydrogen-bond donors (Lipinski definition) is 1. The molecule has 2 heteroatoms. The minimum Gasteiger partial charge on any atom is -0.355 e. The molecule has 2 aromatic carbocycles. The zero-order valence-electron chi connectivity index (χ0n) is 9.03. The Morgan fingerprint density at radius 3 is 2.31 bits per heavy atom. The molecule has 2 aromatic rings. The van der Waals surface area contributed by atoms with Gasteiger partial charge >= 0.3 is 0 Å². The Hall–Kier alpha value is -2.09. The summed E-state index contributed by atoms with van der Waals surface area (Å²) in [7, 11) is 0. The molecule has 0 aromatic heterocycles. The predicted octanol–water partition coefficient (Wildman–Crippen LogP) is 3.20. The summed E-state index contributed by atoms with van der Waals surface area (Å²) in [4.78, 5) is 10.4. The van der Waals surface area contributed by atoms with Crippen LogP contribution in [0.4, 0.5) is 11.4 Å². The Bertz CT molecular complexity index is 488. The number of para-hydroxylation sites is 1. The number of aryl methyl sites for hydroxylation is 1. The van der Waals surface area contributed by atoms with E-state index >= 15 is 0 Å². The van der Waals surface area contributed by atoms with Crippen LogP contribution < -0.4 is 5.32 Å². The number of carbonyl (C=O) groups excluding carboxylic acids is 1. The molecule has 1 N–H and O–H groups in total. The second kappa shape index (κ2) is 4.62. The molecule has 0 spiro atoms. The van der Waals surface area contributed by atoms with E-state index in [0.29, 0.717) is 5.56 Å². The third kappa shape index (κ3) is 2.28. The number of hydrogen-bond acceptors (Lipinski definition) is 2. The smallest absolute Gasteiger partial charge is 0.233 e. The Kier molecular flexibility index (Phi) is 3.01. The molecule has 1 radical (unpaired) electrons. The van der Waals surface area contributed by atoms with Gasteiger partial charge in [0.2, 0.25) is 6.29 Å². The second-order valence-corrected chi connectivity index (χ2v) is 3.62. The average molecular weight is 210 g/mol. The highest BCUT2D eigenvalue weighted by Crippen LogP contribution is 2.19. The summed E-state index contributed by atoms with van der Waals surface area (Å²) in [5, 5.41) is 3.29. The van der Waals surface area contributed by atoms with Crippen LogP contribution >= 0.6 is 0 Å². The van der Waals surface area contributed by atoms with Crippen molar-refractivity contribution < 1.29 is 4.79 Å². The van der Waals surface area contributed by atoms with Crippen LogP contribution in [-0.2, 0) is 4.79 Å². The van der Waals surface area contributed by atoms with Gasteiger partial charge in [0.15, 0.2) is 0 Å². The van der Waals surface area contributed by atoms with Crippen LogP contribution in [0.25, 0.3) is 0 Å². The maximum Gasteiger partial charge on any atom is 0.233 e. The third-order valence-corrected chi connectivity index (χ3v) is 2.43. The van der Waals surface area contributed by atoms with Crippen molar-refractivity contribution in [3.63, 3.8) is 0 Å². The molecule has 0 aliphatic heterocycles. The van der Waals surface area contributed by atoms with Crippen molar-refractivity contribution in [3.05, 3.63) is 59.7 Å². The molecule has 0 amide bonds. The van der Waals surface area contributed by atoms with Gasteiger partial charge < -0.3 is 5.32 Å². The number of nitrogens with one attached hydrogen (secondary N) is 1. The topological polar surface area (TPSA) is 29.1 Å². The van der Waals surface area contributed by atoms with E-state index in [2.05, 4.69) is 18.3 Å². The summed E-state index contributed by atoms with van der Waals surface area (Å²) in [5.41, 5.74) is 3.79. The van der Waals surface area contributed by atoms with Gasteiger partial charge in [-0.2, -0.15) is 0 Å². The van der Waals surface area contributed by atoms with Gasteiger partial charge in [-0.3, -0.25) is 4.79 Å². The van der Waals surface area contributed by atoms with Crippen molar-refractivity contribution in [3.8, 4) is 0 Å². The second-order valence-electron chi connectivity index (χ2n) is 3.62. The summed E-state index contributed by atoms with van der Waals surface area (Å²) >= 11 is 0. The molecular weight excluding hydrogens is 198 g/mol. The highest BCUT2D eigenvalue weighted by Gasteiger charge is 1.97. The zero-order chi connectivity index (χ0) is 11.4. The van der Waals surface area contributed by atoms with Crippen molar-refractivity contribution >= 4 is 17.7 Å². The fourth-order valence-corrected chi connectivity index (χ4v) is 1.49. The first-order valence-electron chi connectivity index (χ1n) is 5.10. The largest absolute Gasteiger partial charge is 0.355 e. The van der Waals surface area contributed by atoms with Crippen LogP contribution in [0, 0.1) is 6.92 Å². The molecule has 16 heavy (non-hydrogen) atoms. The van der Waals surface area contributed by atoms with Gasteiger partial charge in [-0.15, -0.1) is 0 Å². The Labute approximate surface area is 94.9 Å². The van der Waals surface area contributed by atoms with Gasteiger partial charge in [0.05, 0.1) is 0 Å². The van der Waals surface area contributed by atoms with Crippen molar-refractivity contribution in [2.75, 3.05) is 5.32 Å². The Morgan fingerprint density at radius 2 is 1.69 bits per heavy atom. The summed E-state index contributed by atoms with van der Waals surface area (Å²) in [6.45, 7) is 2.05. The molecule has 0 bridgehead atoms. The van der Waals surface area contributed by atoms with Gasteiger partial charge in [-0.1, -0.05) is 18.2 Å². The lowest BCUT2D eigenvalue weighted by atomic mass is 10.2. The van der Waals surface area contributed by atoms with Crippen LogP contribution in [0.3, 0.4) is 0 Å². The first-order chi connectivity index (χ1) is 7.79. The monoisotopic (exact) mass is 210 g/mol. The average Bonchev–Trinajstić information content (AvgIpc) is 2.33. The standard InChI is InChI=1S/C14H12NO/c1-11-4-2-3-5-14(11)15-13-8-6-12(10-16)7-9-13/h2-9,15H,1H3. The van der Waals surface area contributed by atoms with E-state index < -0.39 is 0 Å². The fourth-order valence-electron chi connectivity index (χ4n) is 1.49. The van der Waals surface area contributed by atoms with Crippen LogP contribution in [-0.4, -0.2) is 6.29 Å². The fraction of sp³-hybridized carbons (Fsp3) is 0.0714. The lowest BCUT2D eigenvalue weighted by Crippen LogP contribution is -1.92. The van der Waals surface area contributed by atoms with Crippen LogP contribution in [0.15, 0.2) is 48.5 Å². The normalized spacial score (nSPS) is 9.81. The molecule has 2 rings (SSSR count). The molecule has 0 saturated heterocycles. The Morgan fingerprint density at radius 1 is 1.00 bits per heavy atom. The molecule has 0 aliphatic carbocycles. The highest BCUT2D eigenvalue weighted by atomic mass is 16.1. The molecule has 0 fully saturated rings. The first-order valence-corrected chi connectivity index (χ1v) is 5.10. The minimum absolute atomic E-state index is 0.565. The molecule has 0 heterocycles.